The van der Waals surface area contributed by atoms with Crippen molar-refractivity contribution in [1.82, 2.24) is 10.7 Å². The van der Waals surface area contributed by atoms with Crippen molar-refractivity contribution in [1.29, 1.82) is 0 Å². The van der Waals surface area contributed by atoms with Gasteiger partial charge in [0, 0.05) is 23.2 Å². The van der Waals surface area contributed by atoms with Gasteiger partial charge in [-0.25, -0.2) is 0 Å². The number of benzene rings is 1. The van der Waals surface area contributed by atoms with E-state index in [1.165, 1.54) is 23.9 Å². The van der Waals surface area contributed by atoms with Crippen molar-refractivity contribution >= 4 is 29.2 Å². The number of non-ortho nitro benzene ring substituents is 1. The molecular weight excluding hydrogens is 412 g/mol. The zero-order chi connectivity index (χ0) is 23.1. The maximum Gasteiger partial charge on any atom is 0.270 e. The lowest BCUT2D eigenvalue weighted by Crippen LogP contribution is -2.47. The Morgan fingerprint density at radius 3 is 2.77 bits per heavy atom. The molecule has 0 unspecified atom stereocenters. The number of thiocarbonyl (C=S) groups is 1. The molecule has 31 heavy (non-hydrogen) atoms. The highest BCUT2D eigenvalue weighted by atomic mass is 32.1. The van der Waals surface area contributed by atoms with Crippen LogP contribution in [0.5, 0.6) is 0 Å². The van der Waals surface area contributed by atoms with Crippen molar-refractivity contribution in [2.75, 3.05) is 0 Å². The molecule has 0 saturated carbocycles. The quantitative estimate of drug-likeness (QED) is 0.165. The van der Waals surface area contributed by atoms with Gasteiger partial charge < -0.3 is 10.4 Å². The zero-order valence-electron chi connectivity index (χ0n) is 18.9. The summed E-state index contributed by atoms with van der Waals surface area (Å²) in [5.41, 5.74) is 3.89. The van der Waals surface area contributed by atoms with Gasteiger partial charge in [-0.15, -0.1) is 0 Å². The van der Waals surface area contributed by atoms with Crippen molar-refractivity contribution in [2.24, 2.45) is 11.0 Å². The van der Waals surface area contributed by atoms with Crippen LogP contribution in [0.4, 0.5) is 5.69 Å². The van der Waals surface area contributed by atoms with Crippen LogP contribution in [0.2, 0.25) is 0 Å². The van der Waals surface area contributed by atoms with Crippen molar-refractivity contribution < 1.29 is 10.0 Å². The maximum atomic E-state index is 10.9. The predicted molar refractivity (Wildman–Crippen MR) is 129 cm³/mol. The summed E-state index contributed by atoms with van der Waals surface area (Å²) >= 11 is 5.32. The third kappa shape index (κ3) is 8.38. The molecule has 1 aliphatic carbocycles. The number of allylic oxidation sites excluding steroid dienone is 2. The second-order valence-corrected chi connectivity index (χ2v) is 9.70. The molecule has 8 heteroatoms. The summed E-state index contributed by atoms with van der Waals surface area (Å²) in [6.45, 7) is 8.24. The van der Waals surface area contributed by atoms with E-state index in [4.69, 9.17) is 12.2 Å². The van der Waals surface area contributed by atoms with Gasteiger partial charge in [-0.2, -0.15) is 5.10 Å². The van der Waals surface area contributed by atoms with Gasteiger partial charge in [-0.3, -0.25) is 15.5 Å². The first kappa shape index (κ1) is 24.9. The van der Waals surface area contributed by atoms with Crippen LogP contribution >= 0.6 is 12.2 Å². The number of hydrazone groups is 1. The number of aliphatic hydroxyl groups is 1. The lowest BCUT2D eigenvalue weighted by molar-refractivity contribution is -0.384. The van der Waals surface area contributed by atoms with Crippen molar-refractivity contribution in [2.45, 2.75) is 77.4 Å². The molecule has 170 valence electrons. The van der Waals surface area contributed by atoms with Crippen LogP contribution in [0, 0.1) is 16.0 Å². The van der Waals surface area contributed by atoms with E-state index in [1.807, 2.05) is 6.92 Å². The SMILES string of the molecule is CC1=CC[C@@H]([C@@](C)(O)CCCC(C)(C)NC(=S)N/N=C\c2cccc([N+](=O)[O-])c2)CC1. The summed E-state index contributed by atoms with van der Waals surface area (Å²) in [6, 6.07) is 6.22. The van der Waals surface area contributed by atoms with E-state index < -0.39 is 10.5 Å². The molecule has 1 aliphatic rings. The molecule has 3 N–H and O–H groups in total. The average molecular weight is 447 g/mol. The minimum Gasteiger partial charge on any atom is -0.390 e. The second-order valence-electron chi connectivity index (χ2n) is 9.29. The topological polar surface area (TPSA) is 99.8 Å². The lowest BCUT2D eigenvalue weighted by atomic mass is 9.76. The van der Waals surface area contributed by atoms with Gasteiger partial charge in [0.25, 0.3) is 5.69 Å². The number of hydrogen-bond acceptors (Lipinski definition) is 5. The zero-order valence-corrected chi connectivity index (χ0v) is 19.7. The number of nitro groups is 1. The van der Waals surface area contributed by atoms with Crippen LogP contribution in [-0.2, 0) is 0 Å². The lowest BCUT2D eigenvalue weighted by Gasteiger charge is -2.36. The molecule has 0 saturated heterocycles. The summed E-state index contributed by atoms with van der Waals surface area (Å²) in [6.07, 6.45) is 9.31. The molecule has 0 bridgehead atoms. The van der Waals surface area contributed by atoms with Gasteiger partial charge >= 0.3 is 0 Å². The molecule has 0 aromatic heterocycles. The van der Waals surface area contributed by atoms with Crippen molar-refractivity contribution in [3.05, 3.63) is 51.6 Å². The molecule has 1 aromatic rings. The normalized spacial score (nSPS) is 18.9. The number of rotatable bonds is 9. The summed E-state index contributed by atoms with van der Waals surface area (Å²) in [5, 5.41) is 29.5. The first-order valence-corrected chi connectivity index (χ1v) is 11.1. The molecule has 0 aliphatic heterocycles. The monoisotopic (exact) mass is 446 g/mol. The van der Waals surface area contributed by atoms with Crippen molar-refractivity contribution in [3.8, 4) is 0 Å². The fourth-order valence-electron chi connectivity index (χ4n) is 3.90. The van der Waals surface area contributed by atoms with Gasteiger partial charge in [0.05, 0.1) is 16.7 Å². The Morgan fingerprint density at radius 1 is 1.39 bits per heavy atom. The molecular formula is C23H34N4O3S. The molecule has 2 atom stereocenters. The number of nitrogens with zero attached hydrogens (tertiary/aromatic N) is 2. The summed E-state index contributed by atoms with van der Waals surface area (Å²) in [4.78, 5) is 10.4. The standard InChI is InChI=1S/C23H34N4O3S/c1-17-9-11-19(12-10-17)23(4,28)14-6-13-22(2,3)25-21(31)26-24-16-18-7-5-8-20(15-18)27(29)30/h5,7-9,15-16,19,28H,6,10-14H2,1-4H3,(H2,25,26,31)/b24-16-/t19-,23+/m1/s1. The van der Waals surface area contributed by atoms with E-state index >= 15 is 0 Å². The third-order valence-electron chi connectivity index (χ3n) is 5.91. The van der Waals surface area contributed by atoms with Crippen LogP contribution in [0.3, 0.4) is 0 Å². The average Bonchev–Trinajstić information content (AvgIpc) is 2.67. The van der Waals surface area contributed by atoms with Crippen LogP contribution in [0.15, 0.2) is 41.0 Å². The van der Waals surface area contributed by atoms with Crippen LogP contribution in [-0.4, -0.2) is 32.5 Å². The minimum atomic E-state index is -0.658. The van der Waals surface area contributed by atoms with E-state index in [9.17, 15) is 15.2 Å². The predicted octanol–water partition coefficient (Wildman–Crippen LogP) is 4.84. The van der Waals surface area contributed by atoms with Gasteiger partial charge in [0.15, 0.2) is 5.11 Å². The molecule has 7 nitrogen and oxygen atoms in total. The van der Waals surface area contributed by atoms with Crippen LogP contribution in [0.1, 0.15) is 71.8 Å². The first-order chi connectivity index (χ1) is 14.5. The van der Waals surface area contributed by atoms with E-state index in [0.717, 1.165) is 38.5 Å². The minimum absolute atomic E-state index is 0.0149. The molecule has 2 rings (SSSR count). The van der Waals surface area contributed by atoms with E-state index in [2.05, 4.69) is 42.7 Å². The Balaban J connectivity index is 1.77. The largest absolute Gasteiger partial charge is 0.390 e. The summed E-state index contributed by atoms with van der Waals surface area (Å²) in [5.74, 6) is 0.318. The van der Waals surface area contributed by atoms with E-state index in [-0.39, 0.29) is 11.2 Å². The van der Waals surface area contributed by atoms with Gasteiger partial charge in [-0.05, 0) is 84.4 Å². The van der Waals surface area contributed by atoms with Gasteiger partial charge in [0.2, 0.25) is 0 Å². The molecule has 0 amide bonds. The highest BCUT2D eigenvalue weighted by Gasteiger charge is 2.32. The second kappa shape index (κ2) is 10.8. The fourth-order valence-corrected chi connectivity index (χ4v) is 4.23. The Hall–Kier alpha value is -2.32. The van der Waals surface area contributed by atoms with Crippen LogP contribution < -0.4 is 10.7 Å². The van der Waals surface area contributed by atoms with Gasteiger partial charge in [0.1, 0.15) is 0 Å². The Morgan fingerprint density at radius 2 is 2.13 bits per heavy atom. The van der Waals surface area contributed by atoms with E-state index in [0.29, 0.717) is 16.6 Å². The Kier molecular flexibility index (Phi) is 8.70. The fraction of sp³-hybridized carbons (Fsp3) is 0.565. The number of nitrogens with one attached hydrogen (secondary N) is 2. The number of nitro benzene ring substituents is 1. The Bertz CT molecular complexity index is 849. The highest BCUT2D eigenvalue weighted by Crippen LogP contribution is 2.35. The van der Waals surface area contributed by atoms with Crippen molar-refractivity contribution in [3.63, 3.8) is 0 Å². The first-order valence-electron chi connectivity index (χ1n) is 10.7. The summed E-state index contributed by atoms with van der Waals surface area (Å²) < 4.78 is 0. The molecule has 1 aromatic carbocycles. The molecule has 0 spiro atoms. The third-order valence-corrected chi connectivity index (χ3v) is 6.11. The Labute approximate surface area is 190 Å². The smallest absolute Gasteiger partial charge is 0.270 e. The molecule has 0 radical (unpaired) electrons. The van der Waals surface area contributed by atoms with Gasteiger partial charge in [-0.1, -0.05) is 23.8 Å². The van der Waals surface area contributed by atoms with E-state index in [1.54, 1.807) is 12.1 Å². The van der Waals surface area contributed by atoms with Crippen LogP contribution in [0.25, 0.3) is 0 Å². The molecule has 0 heterocycles. The highest BCUT2D eigenvalue weighted by molar-refractivity contribution is 7.80. The summed E-state index contributed by atoms with van der Waals surface area (Å²) in [7, 11) is 0. The number of hydrogen-bond donors (Lipinski definition) is 3. The molecule has 0 fully saturated rings. The maximum absolute atomic E-state index is 10.9.